The van der Waals surface area contributed by atoms with Crippen molar-refractivity contribution in [3.05, 3.63) is 47.0 Å². The van der Waals surface area contributed by atoms with E-state index in [0.29, 0.717) is 17.9 Å². The average Bonchev–Trinajstić information content (AvgIpc) is 2.86. The Balaban J connectivity index is 1.52. The summed E-state index contributed by atoms with van der Waals surface area (Å²) in [5.41, 5.74) is 0.946. The Kier molecular flexibility index (Phi) is 5.57. The molecule has 1 fully saturated rings. The number of allylic oxidation sites excluding steroid dienone is 2. The van der Waals surface area contributed by atoms with Crippen LogP contribution < -0.4 is 0 Å². The smallest absolute Gasteiger partial charge is 0.233 e. The van der Waals surface area contributed by atoms with Gasteiger partial charge in [0.2, 0.25) is 11.8 Å². The lowest BCUT2D eigenvalue weighted by Gasteiger charge is -2.21. The largest absolute Gasteiger partial charge is 0.389 e. The number of carbonyl (C=O) groups is 2. The first-order valence-corrected chi connectivity index (χ1v) is 8.90. The summed E-state index contributed by atoms with van der Waals surface area (Å²) < 4.78 is 5.67. The number of halogens is 1. The van der Waals surface area contributed by atoms with Gasteiger partial charge in [-0.3, -0.25) is 14.5 Å². The Hall–Kier alpha value is -1.69. The molecule has 5 nitrogen and oxygen atoms in total. The minimum absolute atomic E-state index is 0.0159. The van der Waals surface area contributed by atoms with Crippen molar-refractivity contribution in [2.24, 2.45) is 11.8 Å². The lowest BCUT2D eigenvalue weighted by molar-refractivity contribution is -0.142. The molecule has 0 aromatic heterocycles. The van der Waals surface area contributed by atoms with Gasteiger partial charge in [0.25, 0.3) is 0 Å². The second-order valence-electron chi connectivity index (χ2n) is 6.62. The molecule has 4 atom stereocenters. The third-order valence-electron chi connectivity index (χ3n) is 4.87. The third kappa shape index (κ3) is 3.94. The van der Waals surface area contributed by atoms with Crippen molar-refractivity contribution >= 4 is 23.4 Å². The molecule has 0 bridgehead atoms. The number of hydrogen-bond acceptors (Lipinski definition) is 4. The molecular formula is C19H22ClNO4. The molecule has 134 valence electrons. The Morgan fingerprint density at radius 1 is 1.16 bits per heavy atom. The number of aliphatic hydroxyl groups excluding tert-OH is 1. The minimum Gasteiger partial charge on any atom is -0.389 e. The van der Waals surface area contributed by atoms with Crippen molar-refractivity contribution in [2.75, 3.05) is 13.2 Å². The number of carbonyl (C=O) groups excluding carboxylic acids is 2. The van der Waals surface area contributed by atoms with Crippen molar-refractivity contribution in [1.82, 2.24) is 4.90 Å². The van der Waals surface area contributed by atoms with Crippen LogP contribution in [0.4, 0.5) is 0 Å². The highest BCUT2D eigenvalue weighted by atomic mass is 35.5. The normalized spacial score (nSPS) is 25.2. The maximum absolute atomic E-state index is 12.4. The van der Waals surface area contributed by atoms with Crippen molar-refractivity contribution in [2.45, 2.75) is 32.0 Å². The molecule has 1 aromatic carbocycles. The van der Waals surface area contributed by atoms with Crippen LogP contribution >= 0.6 is 11.6 Å². The Morgan fingerprint density at radius 3 is 2.28 bits per heavy atom. The number of amides is 2. The number of benzene rings is 1. The summed E-state index contributed by atoms with van der Waals surface area (Å²) in [5, 5.41) is 10.9. The summed E-state index contributed by atoms with van der Waals surface area (Å²) in [4.78, 5) is 26.0. The Morgan fingerprint density at radius 2 is 1.72 bits per heavy atom. The van der Waals surface area contributed by atoms with Crippen LogP contribution in [0.5, 0.6) is 0 Å². The topological polar surface area (TPSA) is 66.8 Å². The van der Waals surface area contributed by atoms with Crippen LogP contribution in [0.2, 0.25) is 5.02 Å². The molecule has 3 rings (SSSR count). The molecule has 2 aliphatic rings. The molecule has 1 N–H and O–H groups in total. The summed E-state index contributed by atoms with van der Waals surface area (Å²) in [7, 11) is 0. The van der Waals surface area contributed by atoms with Crippen LogP contribution in [0.3, 0.4) is 0 Å². The number of imide groups is 1. The Bertz CT molecular complexity index is 647. The zero-order chi connectivity index (χ0) is 18.0. The third-order valence-corrected chi connectivity index (χ3v) is 5.12. The standard InChI is InChI=1S/C19H22ClNO4/c1-12(13-6-8-14(20)9-7-13)25-11-15(22)10-21-18(23)16-4-2-3-5-17(16)19(21)24/h2-3,6-9,12,15-17,22H,4-5,10-11H2,1H3/t12-,15+,16-,17+/m0/s1. The molecule has 0 saturated carbocycles. The summed E-state index contributed by atoms with van der Waals surface area (Å²) >= 11 is 5.86. The van der Waals surface area contributed by atoms with E-state index in [1.54, 1.807) is 12.1 Å². The lowest BCUT2D eigenvalue weighted by Crippen LogP contribution is -2.39. The van der Waals surface area contributed by atoms with Crippen LogP contribution in [0.15, 0.2) is 36.4 Å². The molecule has 1 aromatic rings. The van der Waals surface area contributed by atoms with Crippen LogP contribution in [0, 0.1) is 11.8 Å². The van der Waals surface area contributed by atoms with Crippen LogP contribution in [0.25, 0.3) is 0 Å². The van der Waals surface area contributed by atoms with Gasteiger partial charge in [0.1, 0.15) is 0 Å². The van der Waals surface area contributed by atoms with Crippen LogP contribution in [0.1, 0.15) is 31.4 Å². The highest BCUT2D eigenvalue weighted by Gasteiger charge is 2.47. The number of nitrogens with zero attached hydrogens (tertiary/aromatic N) is 1. The highest BCUT2D eigenvalue weighted by Crippen LogP contribution is 2.35. The fourth-order valence-corrected chi connectivity index (χ4v) is 3.52. The van der Waals surface area contributed by atoms with Crippen LogP contribution in [-0.4, -0.2) is 41.1 Å². The molecule has 1 aliphatic carbocycles. The van der Waals surface area contributed by atoms with E-state index >= 15 is 0 Å². The monoisotopic (exact) mass is 363 g/mol. The van der Waals surface area contributed by atoms with Gasteiger partial charge in [-0.25, -0.2) is 0 Å². The van der Waals surface area contributed by atoms with E-state index in [1.807, 2.05) is 31.2 Å². The van der Waals surface area contributed by atoms with Gasteiger partial charge < -0.3 is 9.84 Å². The molecule has 1 saturated heterocycles. The number of ether oxygens (including phenoxy) is 1. The van der Waals surface area contributed by atoms with Gasteiger partial charge in [-0.2, -0.15) is 0 Å². The van der Waals surface area contributed by atoms with Crippen molar-refractivity contribution < 1.29 is 19.4 Å². The van der Waals surface area contributed by atoms with Gasteiger partial charge in [0.05, 0.1) is 37.2 Å². The first-order chi connectivity index (χ1) is 12.0. The van der Waals surface area contributed by atoms with Gasteiger partial charge in [0, 0.05) is 5.02 Å². The zero-order valence-corrected chi connectivity index (χ0v) is 14.9. The predicted molar refractivity (Wildman–Crippen MR) is 93.9 cm³/mol. The molecule has 0 unspecified atom stereocenters. The molecule has 1 aliphatic heterocycles. The molecule has 2 amide bonds. The second-order valence-corrected chi connectivity index (χ2v) is 7.06. The molecule has 6 heteroatoms. The number of aliphatic hydroxyl groups is 1. The average molecular weight is 364 g/mol. The maximum atomic E-state index is 12.4. The first-order valence-electron chi connectivity index (χ1n) is 8.52. The number of fused-ring (bicyclic) bond motifs is 1. The summed E-state index contributed by atoms with van der Waals surface area (Å²) in [6, 6.07) is 7.30. The van der Waals surface area contributed by atoms with Crippen LogP contribution in [-0.2, 0) is 14.3 Å². The van der Waals surface area contributed by atoms with E-state index in [1.165, 1.54) is 4.90 Å². The minimum atomic E-state index is -0.907. The SMILES string of the molecule is C[C@H](OC[C@H](O)CN1C(=O)[C@H]2CC=CC[C@H]2C1=O)c1ccc(Cl)cc1. The van der Waals surface area contributed by atoms with Crippen molar-refractivity contribution in [3.63, 3.8) is 0 Å². The summed E-state index contributed by atoms with van der Waals surface area (Å²) in [6.45, 7) is 1.91. The Labute approximate surface area is 152 Å². The van der Waals surface area contributed by atoms with Crippen molar-refractivity contribution in [1.29, 1.82) is 0 Å². The maximum Gasteiger partial charge on any atom is 0.233 e. The van der Waals surface area contributed by atoms with E-state index in [9.17, 15) is 14.7 Å². The van der Waals surface area contributed by atoms with E-state index in [2.05, 4.69) is 0 Å². The van der Waals surface area contributed by atoms with Gasteiger partial charge in [-0.15, -0.1) is 0 Å². The fraction of sp³-hybridized carbons (Fsp3) is 0.474. The molecule has 25 heavy (non-hydrogen) atoms. The van der Waals surface area contributed by atoms with Gasteiger partial charge >= 0.3 is 0 Å². The number of β-amino-alcohol motifs (C(OH)–C–C–N with tert-alkyl or cyclic N) is 1. The summed E-state index contributed by atoms with van der Waals surface area (Å²) in [5.74, 6) is -0.884. The van der Waals surface area contributed by atoms with E-state index in [4.69, 9.17) is 16.3 Å². The zero-order valence-electron chi connectivity index (χ0n) is 14.1. The second kappa shape index (κ2) is 7.68. The lowest BCUT2D eigenvalue weighted by atomic mass is 9.85. The van der Waals surface area contributed by atoms with E-state index in [0.717, 1.165) is 5.56 Å². The quantitative estimate of drug-likeness (QED) is 0.623. The van der Waals surface area contributed by atoms with E-state index < -0.39 is 6.10 Å². The molecule has 0 radical (unpaired) electrons. The molecule has 0 spiro atoms. The van der Waals surface area contributed by atoms with Gasteiger partial charge in [-0.05, 0) is 37.5 Å². The van der Waals surface area contributed by atoms with Crippen molar-refractivity contribution in [3.8, 4) is 0 Å². The predicted octanol–water partition coefficient (Wildman–Crippen LogP) is 2.73. The van der Waals surface area contributed by atoms with Gasteiger partial charge in [-0.1, -0.05) is 35.9 Å². The van der Waals surface area contributed by atoms with Gasteiger partial charge in [0.15, 0.2) is 0 Å². The highest BCUT2D eigenvalue weighted by molar-refractivity contribution is 6.30. The molecular weight excluding hydrogens is 342 g/mol. The number of hydrogen-bond donors (Lipinski definition) is 1. The fourth-order valence-electron chi connectivity index (χ4n) is 3.40. The number of rotatable bonds is 6. The number of likely N-dealkylation sites (tertiary alicyclic amines) is 1. The summed E-state index contributed by atoms with van der Waals surface area (Å²) in [6.07, 6.45) is 3.98. The van der Waals surface area contributed by atoms with E-state index in [-0.39, 0.29) is 42.9 Å². The molecule has 1 heterocycles. The first kappa shape index (κ1) is 18.1.